The molecule has 3 nitrogen and oxygen atoms in total. The van der Waals surface area contributed by atoms with E-state index in [2.05, 4.69) is 32.9 Å². The number of hydrogen-bond acceptors (Lipinski definition) is 2. The first-order chi connectivity index (χ1) is 9.19. The lowest BCUT2D eigenvalue weighted by molar-refractivity contribution is -0.137. The van der Waals surface area contributed by atoms with Crippen molar-refractivity contribution in [3.63, 3.8) is 0 Å². The van der Waals surface area contributed by atoms with Crippen molar-refractivity contribution in [2.24, 2.45) is 0 Å². The number of rotatable bonds is 4. The van der Waals surface area contributed by atoms with Crippen molar-refractivity contribution < 1.29 is 14.6 Å². The molecule has 0 unspecified atom stereocenters. The van der Waals surface area contributed by atoms with Crippen molar-refractivity contribution >= 4 is 5.97 Å². The van der Waals surface area contributed by atoms with Gasteiger partial charge in [0, 0.05) is 5.41 Å². The maximum absolute atomic E-state index is 11.1. The first-order valence-electron chi connectivity index (χ1n) is 7.11. The molecule has 1 aromatic rings. The van der Waals surface area contributed by atoms with Gasteiger partial charge in [0.1, 0.15) is 5.75 Å². The maximum Gasteiger partial charge on any atom is 0.304 e. The van der Waals surface area contributed by atoms with Crippen molar-refractivity contribution in [2.75, 3.05) is 7.11 Å². The molecule has 1 aromatic carbocycles. The summed E-state index contributed by atoms with van der Waals surface area (Å²) in [4.78, 5) is 11.1. The van der Waals surface area contributed by atoms with E-state index in [9.17, 15) is 4.79 Å². The third-order valence-electron chi connectivity index (χ3n) is 4.27. The Morgan fingerprint density at radius 2 is 1.95 bits per heavy atom. The molecule has 1 fully saturated rings. The van der Waals surface area contributed by atoms with Gasteiger partial charge in [0.05, 0.1) is 13.5 Å². The van der Waals surface area contributed by atoms with Crippen LogP contribution in [0.2, 0.25) is 0 Å². The largest absolute Gasteiger partial charge is 0.496 e. The topological polar surface area (TPSA) is 46.5 Å². The maximum atomic E-state index is 11.1. The van der Waals surface area contributed by atoms with Gasteiger partial charge in [-0.15, -0.1) is 0 Å². The number of carbonyl (C=O) groups is 1. The van der Waals surface area contributed by atoms with Crippen LogP contribution in [0.1, 0.15) is 56.7 Å². The number of hydrogen-bond donors (Lipinski definition) is 1. The minimum absolute atomic E-state index is 0.0207. The van der Waals surface area contributed by atoms with E-state index in [0.29, 0.717) is 0 Å². The van der Waals surface area contributed by atoms with E-state index >= 15 is 0 Å². The fourth-order valence-corrected chi connectivity index (χ4v) is 2.99. The molecule has 0 atom stereocenters. The Morgan fingerprint density at radius 1 is 1.35 bits per heavy atom. The predicted molar refractivity (Wildman–Crippen MR) is 79.6 cm³/mol. The summed E-state index contributed by atoms with van der Waals surface area (Å²) in [5.74, 6) is 0.180. The van der Waals surface area contributed by atoms with E-state index in [1.54, 1.807) is 7.11 Å². The highest BCUT2D eigenvalue weighted by molar-refractivity contribution is 5.70. The fraction of sp³-hybridized carbons (Fsp3) is 0.588. The summed E-state index contributed by atoms with van der Waals surface area (Å²) in [6.45, 7) is 8.51. The summed E-state index contributed by atoms with van der Waals surface area (Å²) in [5.41, 5.74) is 3.30. The number of aliphatic carboxylic acids is 1. The first-order valence-corrected chi connectivity index (χ1v) is 7.11. The van der Waals surface area contributed by atoms with Crippen LogP contribution in [0.3, 0.4) is 0 Å². The third-order valence-corrected chi connectivity index (χ3v) is 4.27. The van der Waals surface area contributed by atoms with Gasteiger partial charge in [-0.3, -0.25) is 4.79 Å². The van der Waals surface area contributed by atoms with E-state index in [4.69, 9.17) is 9.84 Å². The number of aryl methyl sites for hydroxylation is 1. The van der Waals surface area contributed by atoms with Crippen molar-refractivity contribution in [3.8, 4) is 5.75 Å². The molecule has 1 aliphatic rings. The molecule has 110 valence electrons. The first kappa shape index (κ1) is 14.9. The monoisotopic (exact) mass is 276 g/mol. The smallest absolute Gasteiger partial charge is 0.304 e. The lowest BCUT2D eigenvalue weighted by atomic mass is 9.80. The summed E-state index contributed by atoms with van der Waals surface area (Å²) < 4.78 is 5.51. The molecule has 0 saturated heterocycles. The summed E-state index contributed by atoms with van der Waals surface area (Å²) in [6, 6.07) is 4.22. The third kappa shape index (κ3) is 2.67. The SMILES string of the molecule is COc1cc(C)c(C2(CC(=O)O)CC2)cc1C(C)(C)C. The molecule has 1 aliphatic carbocycles. The minimum Gasteiger partial charge on any atom is -0.496 e. The van der Waals surface area contributed by atoms with E-state index in [1.807, 2.05) is 6.92 Å². The second-order valence-corrected chi connectivity index (χ2v) is 6.97. The molecular formula is C17H24O3. The number of ether oxygens (including phenoxy) is 1. The molecule has 0 spiro atoms. The molecule has 1 saturated carbocycles. The van der Waals surface area contributed by atoms with E-state index in [0.717, 1.165) is 29.7 Å². The van der Waals surface area contributed by atoms with Gasteiger partial charge in [0.2, 0.25) is 0 Å². The molecule has 0 heterocycles. The van der Waals surface area contributed by atoms with Crippen molar-refractivity contribution in [1.82, 2.24) is 0 Å². The number of benzene rings is 1. The molecule has 3 heteroatoms. The van der Waals surface area contributed by atoms with E-state index < -0.39 is 5.97 Å². The zero-order valence-corrected chi connectivity index (χ0v) is 13.0. The fourth-order valence-electron chi connectivity index (χ4n) is 2.99. The van der Waals surface area contributed by atoms with Crippen LogP contribution >= 0.6 is 0 Å². The Hall–Kier alpha value is -1.51. The van der Waals surface area contributed by atoms with Crippen molar-refractivity contribution in [1.29, 1.82) is 0 Å². The number of methoxy groups -OCH3 is 1. The number of carboxylic acids is 1. The van der Waals surface area contributed by atoms with E-state index in [1.165, 1.54) is 5.56 Å². The highest BCUT2D eigenvalue weighted by Gasteiger charge is 2.47. The highest BCUT2D eigenvalue weighted by Crippen LogP contribution is 2.53. The number of carboxylic acid groups (broad SMARTS) is 1. The Labute approximate surface area is 121 Å². The van der Waals surface area contributed by atoms with Crippen LogP contribution in [-0.4, -0.2) is 18.2 Å². The van der Waals surface area contributed by atoms with Gasteiger partial charge in [-0.2, -0.15) is 0 Å². The Balaban J connectivity index is 2.53. The summed E-state index contributed by atoms with van der Waals surface area (Å²) in [5, 5.41) is 9.15. The normalized spacial score (nSPS) is 16.9. The molecule has 0 aliphatic heterocycles. The van der Waals surface area contributed by atoms with Gasteiger partial charge in [-0.1, -0.05) is 26.8 Å². The zero-order valence-electron chi connectivity index (χ0n) is 13.0. The molecule has 0 radical (unpaired) electrons. The van der Waals surface area contributed by atoms with Gasteiger partial charge in [0.25, 0.3) is 0 Å². The molecule has 0 aromatic heterocycles. The van der Waals surface area contributed by atoms with Crippen LogP contribution in [-0.2, 0) is 15.6 Å². The summed E-state index contributed by atoms with van der Waals surface area (Å²) in [7, 11) is 1.69. The molecule has 20 heavy (non-hydrogen) atoms. The van der Waals surface area contributed by atoms with Crippen molar-refractivity contribution in [2.45, 2.75) is 57.8 Å². The van der Waals surface area contributed by atoms with Crippen LogP contribution in [0, 0.1) is 6.92 Å². The van der Waals surface area contributed by atoms with Gasteiger partial charge in [-0.25, -0.2) is 0 Å². The average Bonchev–Trinajstić information content (AvgIpc) is 3.06. The van der Waals surface area contributed by atoms with Crippen LogP contribution in [0.5, 0.6) is 5.75 Å². The highest BCUT2D eigenvalue weighted by atomic mass is 16.5. The lowest BCUT2D eigenvalue weighted by Gasteiger charge is -2.26. The van der Waals surface area contributed by atoms with Crippen LogP contribution in [0.15, 0.2) is 12.1 Å². The van der Waals surface area contributed by atoms with E-state index in [-0.39, 0.29) is 17.3 Å². The Bertz CT molecular complexity index is 534. The van der Waals surface area contributed by atoms with Crippen LogP contribution in [0.4, 0.5) is 0 Å². The van der Waals surface area contributed by atoms with Gasteiger partial charge < -0.3 is 9.84 Å². The van der Waals surface area contributed by atoms with Crippen LogP contribution < -0.4 is 4.74 Å². The van der Waals surface area contributed by atoms with Gasteiger partial charge in [-0.05, 0) is 47.9 Å². The standard InChI is InChI=1S/C17H24O3/c1-11-8-14(20-5)13(16(2,3)4)9-12(11)17(6-7-17)10-15(18)19/h8-9H,6-7,10H2,1-5H3,(H,18,19). The Morgan fingerprint density at radius 3 is 2.35 bits per heavy atom. The Kier molecular flexibility index (Phi) is 3.57. The van der Waals surface area contributed by atoms with Gasteiger partial charge >= 0.3 is 5.97 Å². The van der Waals surface area contributed by atoms with Gasteiger partial charge in [0.15, 0.2) is 0 Å². The second-order valence-electron chi connectivity index (χ2n) is 6.97. The zero-order chi connectivity index (χ0) is 15.1. The lowest BCUT2D eigenvalue weighted by Crippen LogP contribution is -2.18. The molecule has 0 amide bonds. The molecule has 1 N–H and O–H groups in total. The van der Waals surface area contributed by atoms with Crippen LogP contribution in [0.25, 0.3) is 0 Å². The summed E-state index contributed by atoms with van der Waals surface area (Å²) in [6.07, 6.45) is 2.16. The molecule has 2 rings (SSSR count). The summed E-state index contributed by atoms with van der Waals surface area (Å²) >= 11 is 0. The minimum atomic E-state index is -0.713. The predicted octanol–water partition coefficient (Wildman–Crippen LogP) is 3.81. The quantitative estimate of drug-likeness (QED) is 0.909. The van der Waals surface area contributed by atoms with Crippen molar-refractivity contribution in [3.05, 3.63) is 28.8 Å². The average molecular weight is 276 g/mol. The molecular weight excluding hydrogens is 252 g/mol. The second kappa shape index (κ2) is 4.80. The molecule has 0 bridgehead atoms.